The fourth-order valence-corrected chi connectivity index (χ4v) is 4.24. The van der Waals surface area contributed by atoms with Crippen LogP contribution in [0.15, 0.2) is 54.6 Å². The molecule has 0 radical (unpaired) electrons. The van der Waals surface area contributed by atoms with Crippen molar-refractivity contribution in [2.75, 3.05) is 12.4 Å². The predicted molar refractivity (Wildman–Crippen MR) is 122 cm³/mol. The molecule has 0 aliphatic rings. The summed E-state index contributed by atoms with van der Waals surface area (Å²) in [4.78, 5) is 26.3. The normalized spacial score (nSPS) is 10.8. The van der Waals surface area contributed by atoms with Crippen LogP contribution >= 0.6 is 11.3 Å². The molecule has 3 N–H and O–H groups in total. The Morgan fingerprint density at radius 1 is 1.13 bits per heavy atom. The number of hydrogen-bond donors (Lipinski definition) is 3. The summed E-state index contributed by atoms with van der Waals surface area (Å²) in [5, 5.41) is 13.5. The van der Waals surface area contributed by atoms with Crippen LogP contribution in [0.25, 0.3) is 10.2 Å². The number of benzene rings is 2. The quantitative estimate of drug-likeness (QED) is 0.409. The summed E-state index contributed by atoms with van der Waals surface area (Å²) in [7, 11) is 1.60. The number of rotatable bonds is 7. The van der Waals surface area contributed by atoms with Crippen LogP contribution in [0.3, 0.4) is 0 Å². The van der Waals surface area contributed by atoms with Crippen molar-refractivity contribution in [1.29, 1.82) is 0 Å². The maximum atomic E-state index is 12.6. The lowest BCUT2D eigenvalue weighted by molar-refractivity contribution is -0.115. The molecule has 0 unspecified atom stereocenters. The predicted octanol–water partition coefficient (Wildman–Crippen LogP) is 4.05. The first-order valence-electron chi connectivity index (χ1n) is 9.77. The van der Waals surface area contributed by atoms with E-state index in [0.29, 0.717) is 22.6 Å². The van der Waals surface area contributed by atoms with Gasteiger partial charge in [0.2, 0.25) is 5.91 Å². The van der Waals surface area contributed by atoms with Crippen molar-refractivity contribution in [3.8, 4) is 5.75 Å². The lowest BCUT2D eigenvalue weighted by Gasteiger charge is -2.08. The van der Waals surface area contributed by atoms with Crippen molar-refractivity contribution in [2.24, 2.45) is 0 Å². The summed E-state index contributed by atoms with van der Waals surface area (Å²) in [6.07, 6.45) is 0.256. The summed E-state index contributed by atoms with van der Waals surface area (Å²) >= 11 is 1.29. The van der Waals surface area contributed by atoms with Crippen molar-refractivity contribution >= 4 is 39.2 Å². The number of aromatic amines is 1. The Balaban J connectivity index is 1.43. The highest BCUT2D eigenvalue weighted by Crippen LogP contribution is 2.29. The van der Waals surface area contributed by atoms with Crippen LogP contribution in [0.4, 0.5) is 5.82 Å². The topological polar surface area (TPSA) is 96.1 Å². The maximum absolute atomic E-state index is 12.6. The smallest absolute Gasteiger partial charge is 0.261 e. The van der Waals surface area contributed by atoms with E-state index in [4.69, 9.17) is 4.74 Å². The highest BCUT2D eigenvalue weighted by Gasteiger charge is 2.17. The average Bonchev–Trinajstić information content (AvgIpc) is 3.34. The lowest BCUT2D eigenvalue weighted by atomic mass is 10.1. The zero-order valence-corrected chi connectivity index (χ0v) is 18.0. The molecule has 4 aromatic rings. The van der Waals surface area contributed by atoms with Crippen molar-refractivity contribution in [2.45, 2.75) is 19.9 Å². The van der Waals surface area contributed by atoms with E-state index in [1.165, 1.54) is 11.3 Å². The van der Waals surface area contributed by atoms with Gasteiger partial charge in [-0.15, -0.1) is 11.3 Å². The highest BCUT2D eigenvalue weighted by atomic mass is 32.1. The molecule has 2 aromatic heterocycles. The number of nitrogens with one attached hydrogen (secondary N) is 3. The molecular formula is C23H22N4O3S. The molecule has 2 heterocycles. The van der Waals surface area contributed by atoms with Crippen molar-refractivity contribution < 1.29 is 14.3 Å². The van der Waals surface area contributed by atoms with E-state index in [-0.39, 0.29) is 18.2 Å². The number of amides is 2. The first-order chi connectivity index (χ1) is 15.0. The Morgan fingerprint density at radius 2 is 1.97 bits per heavy atom. The number of para-hydroxylation sites is 1. The van der Waals surface area contributed by atoms with Crippen molar-refractivity contribution in [1.82, 2.24) is 15.5 Å². The third kappa shape index (κ3) is 4.75. The van der Waals surface area contributed by atoms with Crippen LogP contribution in [0.1, 0.15) is 26.4 Å². The van der Waals surface area contributed by atoms with E-state index in [2.05, 4.69) is 20.8 Å². The molecule has 0 spiro atoms. The van der Waals surface area contributed by atoms with Gasteiger partial charge in [0.1, 0.15) is 10.6 Å². The number of aryl methyl sites for hydroxylation is 1. The van der Waals surface area contributed by atoms with Gasteiger partial charge in [-0.25, -0.2) is 0 Å². The number of fused-ring (bicyclic) bond motifs is 1. The molecule has 0 aliphatic heterocycles. The number of hydrogen-bond acceptors (Lipinski definition) is 5. The van der Waals surface area contributed by atoms with Crippen molar-refractivity contribution in [3.05, 3.63) is 76.2 Å². The number of carbonyl (C=O) groups excluding carboxylic acids is 2. The summed E-state index contributed by atoms with van der Waals surface area (Å²) in [6, 6.07) is 17.1. The zero-order chi connectivity index (χ0) is 21.8. The molecule has 2 amide bonds. The zero-order valence-electron chi connectivity index (χ0n) is 17.2. The minimum Gasteiger partial charge on any atom is -0.496 e. The third-order valence-corrected chi connectivity index (χ3v) is 5.86. The van der Waals surface area contributed by atoms with Crippen LogP contribution in [0, 0.1) is 6.92 Å². The molecule has 31 heavy (non-hydrogen) atoms. The summed E-state index contributed by atoms with van der Waals surface area (Å²) < 4.78 is 5.32. The molecule has 158 valence electrons. The second kappa shape index (κ2) is 9.01. The highest BCUT2D eigenvalue weighted by molar-refractivity contribution is 7.20. The average molecular weight is 435 g/mol. The van der Waals surface area contributed by atoms with Gasteiger partial charge in [0.15, 0.2) is 5.82 Å². The second-order valence-corrected chi connectivity index (χ2v) is 8.19. The monoisotopic (exact) mass is 434 g/mol. The minimum absolute atomic E-state index is 0.160. The Labute approximate surface area is 183 Å². The number of ether oxygens (including phenoxy) is 1. The van der Waals surface area contributed by atoms with Crippen LogP contribution in [-0.4, -0.2) is 29.1 Å². The van der Waals surface area contributed by atoms with Gasteiger partial charge in [0.25, 0.3) is 5.91 Å². The Kier molecular flexibility index (Phi) is 5.99. The van der Waals surface area contributed by atoms with Crippen LogP contribution < -0.4 is 15.4 Å². The van der Waals surface area contributed by atoms with E-state index in [0.717, 1.165) is 27.3 Å². The van der Waals surface area contributed by atoms with Gasteiger partial charge in [-0.05, 0) is 24.6 Å². The molecule has 2 aromatic carbocycles. The van der Waals surface area contributed by atoms with Gasteiger partial charge in [-0.2, -0.15) is 5.10 Å². The molecule has 0 atom stereocenters. The minimum atomic E-state index is -0.197. The number of anilines is 1. The van der Waals surface area contributed by atoms with Crippen LogP contribution in [0.5, 0.6) is 5.75 Å². The number of methoxy groups -OCH3 is 1. The van der Waals surface area contributed by atoms with Crippen LogP contribution in [-0.2, 0) is 17.8 Å². The molecule has 8 heteroatoms. The molecular weight excluding hydrogens is 412 g/mol. The van der Waals surface area contributed by atoms with Crippen molar-refractivity contribution in [3.63, 3.8) is 0 Å². The molecule has 7 nitrogen and oxygen atoms in total. The first kappa shape index (κ1) is 20.6. The maximum Gasteiger partial charge on any atom is 0.261 e. The molecule has 0 bridgehead atoms. The molecule has 0 aliphatic carbocycles. The van der Waals surface area contributed by atoms with Gasteiger partial charge in [-0.1, -0.05) is 48.0 Å². The largest absolute Gasteiger partial charge is 0.496 e. The molecule has 0 saturated carbocycles. The van der Waals surface area contributed by atoms with Crippen LogP contribution in [0.2, 0.25) is 0 Å². The number of carbonyl (C=O) groups is 2. The molecule has 0 fully saturated rings. The number of H-pyrrole nitrogens is 1. The van der Waals surface area contributed by atoms with E-state index < -0.39 is 0 Å². The number of aromatic nitrogens is 2. The van der Waals surface area contributed by atoms with E-state index in [1.54, 1.807) is 13.2 Å². The van der Waals surface area contributed by atoms with Gasteiger partial charge >= 0.3 is 0 Å². The fourth-order valence-electron chi connectivity index (χ4n) is 3.32. The lowest BCUT2D eigenvalue weighted by Crippen LogP contribution is -2.22. The molecule has 0 saturated heterocycles. The first-order valence-corrected chi connectivity index (χ1v) is 10.6. The summed E-state index contributed by atoms with van der Waals surface area (Å²) in [5.41, 5.74) is 2.94. The summed E-state index contributed by atoms with van der Waals surface area (Å²) in [5.74, 6) is 0.793. The molecule has 4 rings (SSSR count). The fraction of sp³-hybridized carbons (Fsp3) is 0.174. The van der Waals surface area contributed by atoms with E-state index >= 15 is 0 Å². The Hall–Kier alpha value is -3.65. The summed E-state index contributed by atoms with van der Waals surface area (Å²) in [6.45, 7) is 2.34. The standard InChI is InChI=1S/C23H22N4O3S/c1-14-6-5-7-15(10-14)11-20(28)25-21-17-12-19(31-23(17)27-26-21)22(29)24-13-16-8-3-4-9-18(16)30-2/h3-10,12H,11,13H2,1-2H3,(H,24,29)(H2,25,26,27,28). The van der Waals surface area contributed by atoms with Gasteiger partial charge < -0.3 is 15.4 Å². The van der Waals surface area contributed by atoms with E-state index in [9.17, 15) is 9.59 Å². The van der Waals surface area contributed by atoms with Gasteiger partial charge in [0.05, 0.1) is 23.8 Å². The number of thiophene rings is 1. The SMILES string of the molecule is COc1ccccc1CNC(=O)c1cc2c(NC(=O)Cc3cccc(C)c3)n[nH]c2s1. The number of nitrogens with zero attached hydrogens (tertiary/aromatic N) is 1. The third-order valence-electron chi connectivity index (χ3n) is 4.82. The van der Waals surface area contributed by atoms with E-state index in [1.807, 2.05) is 55.5 Å². The second-order valence-electron chi connectivity index (χ2n) is 7.13. The van der Waals surface area contributed by atoms with Gasteiger partial charge in [0, 0.05) is 12.1 Å². The Bertz CT molecular complexity index is 1240. The Morgan fingerprint density at radius 3 is 2.77 bits per heavy atom. The van der Waals surface area contributed by atoms with Gasteiger partial charge in [-0.3, -0.25) is 14.7 Å².